The van der Waals surface area contributed by atoms with E-state index in [-0.39, 0.29) is 38.6 Å². The zero-order chi connectivity index (χ0) is 48.1. The molecule has 0 aliphatic carbocycles. The molecule has 2 unspecified atom stereocenters. The SMILES string of the molecule is CCCCCCCCCC/C=C\CCCCCCCCCCCCCCCCCC(=O)OC(COC(=O)CCCCCCCCCCCCCCCCCCCC)COP(=O)(O)OCCN. The molecule has 0 aromatic rings. The summed E-state index contributed by atoms with van der Waals surface area (Å²) in [4.78, 5) is 35.1. The number of carbonyl (C=O) groups is 2. The smallest absolute Gasteiger partial charge is 0.462 e. The molecule has 0 saturated heterocycles. The molecule has 0 saturated carbocycles. The van der Waals surface area contributed by atoms with Gasteiger partial charge in [0.2, 0.25) is 0 Å². The van der Waals surface area contributed by atoms with Gasteiger partial charge in [0.25, 0.3) is 0 Å². The Bertz CT molecular complexity index is 1090. The second kappa shape index (κ2) is 53.1. The van der Waals surface area contributed by atoms with Crippen molar-refractivity contribution in [3.8, 4) is 0 Å². The van der Waals surface area contributed by atoms with Gasteiger partial charge in [-0.15, -0.1) is 0 Å². The Balaban J connectivity index is 3.91. The average Bonchev–Trinajstić information content (AvgIpc) is 3.31. The zero-order valence-electron chi connectivity index (χ0n) is 43.7. The summed E-state index contributed by atoms with van der Waals surface area (Å²) < 4.78 is 33.0. The van der Waals surface area contributed by atoms with E-state index in [1.165, 1.54) is 238 Å². The van der Waals surface area contributed by atoms with Crippen LogP contribution in [0.4, 0.5) is 0 Å². The molecule has 10 heteroatoms. The van der Waals surface area contributed by atoms with Crippen molar-refractivity contribution in [3.63, 3.8) is 0 Å². The molecule has 66 heavy (non-hydrogen) atoms. The molecule has 0 rings (SSSR count). The quantitative estimate of drug-likeness (QED) is 0.0264. The van der Waals surface area contributed by atoms with E-state index in [1.807, 2.05) is 0 Å². The number of hydrogen-bond acceptors (Lipinski definition) is 8. The van der Waals surface area contributed by atoms with Crippen molar-refractivity contribution in [1.82, 2.24) is 0 Å². The molecule has 0 aliphatic rings. The van der Waals surface area contributed by atoms with E-state index in [0.717, 1.165) is 32.1 Å². The van der Waals surface area contributed by atoms with E-state index in [2.05, 4.69) is 26.0 Å². The fourth-order valence-corrected chi connectivity index (χ4v) is 9.40. The number of rotatable bonds is 55. The maximum absolute atomic E-state index is 12.7. The molecule has 0 aromatic heterocycles. The van der Waals surface area contributed by atoms with Crippen LogP contribution < -0.4 is 5.73 Å². The fraction of sp³-hybridized carbons (Fsp3) is 0.929. The van der Waals surface area contributed by atoms with Gasteiger partial charge < -0.3 is 20.1 Å². The molecular weight excluding hydrogens is 846 g/mol. The summed E-state index contributed by atoms with van der Waals surface area (Å²) in [6, 6.07) is 0. The maximum atomic E-state index is 12.7. The lowest BCUT2D eigenvalue weighted by Gasteiger charge is -2.19. The van der Waals surface area contributed by atoms with Crippen LogP contribution in [-0.2, 0) is 32.7 Å². The Labute approximate surface area is 409 Å². The third-order valence-corrected chi connectivity index (χ3v) is 13.9. The predicted octanol–water partition coefficient (Wildman–Crippen LogP) is 17.7. The molecule has 0 radical (unpaired) electrons. The monoisotopic (exact) mass is 956 g/mol. The lowest BCUT2D eigenvalue weighted by atomic mass is 10.0. The third kappa shape index (κ3) is 52.1. The van der Waals surface area contributed by atoms with Crippen LogP contribution in [0.25, 0.3) is 0 Å². The third-order valence-electron chi connectivity index (χ3n) is 12.9. The molecule has 9 nitrogen and oxygen atoms in total. The number of ether oxygens (including phenoxy) is 2. The minimum Gasteiger partial charge on any atom is -0.462 e. The number of phosphoric ester groups is 1. The predicted molar refractivity (Wildman–Crippen MR) is 280 cm³/mol. The molecule has 0 spiro atoms. The zero-order valence-corrected chi connectivity index (χ0v) is 44.6. The number of nitrogens with two attached hydrogens (primary N) is 1. The number of allylic oxidation sites excluding steroid dienone is 2. The molecule has 0 heterocycles. The van der Waals surface area contributed by atoms with Gasteiger partial charge in [-0.05, 0) is 38.5 Å². The Morgan fingerprint density at radius 3 is 1.08 bits per heavy atom. The van der Waals surface area contributed by atoms with Gasteiger partial charge in [0.15, 0.2) is 6.10 Å². The van der Waals surface area contributed by atoms with Gasteiger partial charge in [0.05, 0.1) is 13.2 Å². The van der Waals surface area contributed by atoms with Gasteiger partial charge in [-0.25, -0.2) is 4.57 Å². The van der Waals surface area contributed by atoms with E-state index in [0.29, 0.717) is 6.42 Å². The van der Waals surface area contributed by atoms with E-state index < -0.39 is 26.5 Å². The lowest BCUT2D eigenvalue weighted by molar-refractivity contribution is -0.161. The van der Waals surface area contributed by atoms with Crippen LogP contribution in [0, 0.1) is 0 Å². The highest BCUT2D eigenvalue weighted by atomic mass is 31.2. The number of phosphoric acid groups is 1. The van der Waals surface area contributed by atoms with Crippen molar-refractivity contribution in [3.05, 3.63) is 12.2 Å². The van der Waals surface area contributed by atoms with Crippen molar-refractivity contribution in [2.24, 2.45) is 5.73 Å². The lowest BCUT2D eigenvalue weighted by Crippen LogP contribution is -2.29. The first kappa shape index (κ1) is 64.8. The standard InChI is InChI=1S/C56H110NO8P/c1-3-5-7-9-11-13-15-17-19-21-23-24-25-26-27-28-29-30-31-33-35-37-39-41-43-45-47-49-56(59)65-54(53-64-66(60,61)63-51-50-57)52-62-55(58)48-46-44-42-40-38-36-34-32-22-20-18-16-14-12-10-8-6-4-2/h21,23,54H,3-20,22,24-53,57H2,1-2H3,(H,60,61)/b23-21-. The summed E-state index contributed by atoms with van der Waals surface area (Å²) in [6.07, 6.45) is 59.8. The van der Waals surface area contributed by atoms with Gasteiger partial charge >= 0.3 is 19.8 Å². The Morgan fingerprint density at radius 1 is 0.439 bits per heavy atom. The van der Waals surface area contributed by atoms with Crippen LogP contribution in [0.1, 0.15) is 303 Å². The Hall–Kier alpha value is -1.25. The van der Waals surface area contributed by atoms with E-state index in [9.17, 15) is 19.0 Å². The van der Waals surface area contributed by atoms with Crippen molar-refractivity contribution in [2.45, 2.75) is 309 Å². The highest BCUT2D eigenvalue weighted by molar-refractivity contribution is 7.47. The first-order chi connectivity index (χ1) is 32.3. The van der Waals surface area contributed by atoms with Gasteiger partial charge in [-0.1, -0.05) is 264 Å². The molecule has 0 bridgehead atoms. The van der Waals surface area contributed by atoms with E-state index in [4.69, 9.17) is 24.3 Å². The van der Waals surface area contributed by atoms with Crippen molar-refractivity contribution in [2.75, 3.05) is 26.4 Å². The fourth-order valence-electron chi connectivity index (χ4n) is 8.63. The van der Waals surface area contributed by atoms with E-state index >= 15 is 0 Å². The molecule has 0 amide bonds. The highest BCUT2D eigenvalue weighted by Crippen LogP contribution is 2.43. The first-order valence-corrected chi connectivity index (χ1v) is 30.2. The van der Waals surface area contributed by atoms with Crippen LogP contribution in [0.15, 0.2) is 12.2 Å². The molecule has 392 valence electrons. The molecule has 0 aromatic carbocycles. The Kier molecular flexibility index (Phi) is 52.1. The summed E-state index contributed by atoms with van der Waals surface area (Å²) in [5.41, 5.74) is 5.38. The number of carbonyl (C=O) groups excluding carboxylic acids is 2. The van der Waals surface area contributed by atoms with Crippen LogP contribution >= 0.6 is 7.82 Å². The minimum absolute atomic E-state index is 0.0572. The van der Waals surface area contributed by atoms with Crippen molar-refractivity contribution < 1.29 is 37.6 Å². The summed E-state index contributed by atoms with van der Waals surface area (Å²) in [7, 11) is -4.38. The van der Waals surface area contributed by atoms with Gasteiger partial charge in [-0.3, -0.25) is 18.6 Å². The van der Waals surface area contributed by atoms with E-state index in [1.54, 1.807) is 0 Å². The normalized spacial score (nSPS) is 13.1. The molecule has 3 N–H and O–H groups in total. The summed E-state index contributed by atoms with van der Waals surface area (Å²) >= 11 is 0. The highest BCUT2D eigenvalue weighted by Gasteiger charge is 2.26. The molecular formula is C56H110NO8P. The Morgan fingerprint density at radius 2 is 0.742 bits per heavy atom. The van der Waals surface area contributed by atoms with Crippen molar-refractivity contribution >= 4 is 19.8 Å². The second-order valence-corrected chi connectivity index (χ2v) is 21.0. The number of esters is 2. The summed E-state index contributed by atoms with van der Waals surface area (Å²) in [5, 5.41) is 0. The van der Waals surface area contributed by atoms with Crippen LogP contribution in [0.3, 0.4) is 0 Å². The van der Waals surface area contributed by atoms with Gasteiger partial charge in [-0.2, -0.15) is 0 Å². The number of unbranched alkanes of at least 4 members (excludes halogenated alkanes) is 40. The summed E-state index contributed by atoms with van der Waals surface area (Å²) in [6.45, 7) is 3.81. The van der Waals surface area contributed by atoms with Crippen LogP contribution in [0.2, 0.25) is 0 Å². The molecule has 0 aliphatic heterocycles. The largest absolute Gasteiger partial charge is 0.472 e. The summed E-state index contributed by atoms with van der Waals surface area (Å²) in [5.74, 6) is -0.807. The average molecular weight is 956 g/mol. The molecule has 2 atom stereocenters. The van der Waals surface area contributed by atoms with Crippen LogP contribution in [0.5, 0.6) is 0 Å². The number of hydrogen-bond donors (Lipinski definition) is 2. The van der Waals surface area contributed by atoms with Crippen LogP contribution in [-0.4, -0.2) is 49.3 Å². The minimum atomic E-state index is -4.38. The first-order valence-electron chi connectivity index (χ1n) is 28.7. The second-order valence-electron chi connectivity index (χ2n) is 19.5. The topological polar surface area (TPSA) is 134 Å². The van der Waals surface area contributed by atoms with Gasteiger partial charge in [0.1, 0.15) is 6.61 Å². The van der Waals surface area contributed by atoms with Gasteiger partial charge in [0, 0.05) is 19.4 Å². The molecule has 0 fully saturated rings. The maximum Gasteiger partial charge on any atom is 0.472 e. The van der Waals surface area contributed by atoms with Crippen molar-refractivity contribution in [1.29, 1.82) is 0 Å².